The van der Waals surface area contributed by atoms with Gasteiger partial charge in [0.25, 0.3) is 0 Å². The van der Waals surface area contributed by atoms with Gasteiger partial charge in [-0.05, 0) is 58.5 Å². The topological polar surface area (TPSA) is 18.5 Å². The van der Waals surface area contributed by atoms with Crippen molar-refractivity contribution in [3.8, 4) is 11.5 Å². The molecule has 4 aliphatic rings. The van der Waals surface area contributed by atoms with Crippen LogP contribution in [0, 0.1) is 61.2 Å². The van der Waals surface area contributed by atoms with E-state index in [9.17, 15) is 0 Å². The molecule has 4 aliphatic carbocycles. The van der Waals surface area contributed by atoms with Gasteiger partial charge in [0.2, 0.25) is 0 Å². The third-order valence-corrected chi connectivity index (χ3v) is 9.72. The SMILES string of the molecule is COc1c(C(C)(C)C)cc([C]2[CH][C]3C=CC=C[C]3[CH]2)cc1C(C)(C)C.COc1c(C(C)(C)C)cc([C]2[CH][C]3C=CC=C[C]3[CH]2)cc1C(C)(C)C.[Cl][Zr+2][Cl]. The average molecular weight is 829 g/mol. The first-order valence-corrected chi connectivity index (χ1v) is 24.7. The van der Waals surface area contributed by atoms with Gasteiger partial charge >= 0.3 is 37.9 Å². The summed E-state index contributed by atoms with van der Waals surface area (Å²) in [6.07, 6.45) is 26.3. The Kier molecular flexibility index (Phi) is 14.8. The van der Waals surface area contributed by atoms with Crippen LogP contribution in [-0.2, 0) is 42.5 Å². The van der Waals surface area contributed by atoms with Gasteiger partial charge in [0.1, 0.15) is 11.5 Å². The fourth-order valence-electron chi connectivity index (χ4n) is 6.89. The van der Waals surface area contributed by atoms with Crippen molar-refractivity contribution in [2.45, 2.75) is 105 Å². The van der Waals surface area contributed by atoms with Gasteiger partial charge in [0.05, 0.1) is 14.2 Å². The molecule has 2 nitrogen and oxygen atoms in total. The van der Waals surface area contributed by atoms with E-state index in [0.717, 1.165) is 11.5 Å². The number of halogens is 2. The quantitative estimate of drug-likeness (QED) is 0.306. The van der Waals surface area contributed by atoms with Crippen LogP contribution in [0.2, 0.25) is 0 Å². The molecule has 2 fully saturated rings. The molecule has 6 rings (SSSR count). The number of ether oxygens (including phenoxy) is 2. The van der Waals surface area contributed by atoms with E-state index in [1.165, 1.54) is 68.9 Å². The van der Waals surface area contributed by atoms with Crippen molar-refractivity contribution in [3.63, 3.8) is 0 Å². The maximum absolute atomic E-state index is 5.88. The predicted octanol–water partition coefficient (Wildman–Crippen LogP) is 13.2. The Morgan fingerprint density at radius 1 is 0.396 bits per heavy atom. The number of methoxy groups -OCH3 is 2. The maximum atomic E-state index is 5.88. The molecule has 53 heavy (non-hydrogen) atoms. The first kappa shape index (κ1) is 44.2. The van der Waals surface area contributed by atoms with Crippen molar-refractivity contribution in [1.29, 1.82) is 0 Å². The second-order valence-corrected chi connectivity index (χ2v) is 21.8. The van der Waals surface area contributed by atoms with Crippen molar-refractivity contribution < 1.29 is 30.3 Å². The minimum atomic E-state index is -0.826. The minimum absolute atomic E-state index is 0.0212. The van der Waals surface area contributed by atoms with E-state index in [-0.39, 0.29) is 21.7 Å². The van der Waals surface area contributed by atoms with Gasteiger partial charge in [-0.1, -0.05) is 156 Å². The summed E-state index contributed by atoms with van der Waals surface area (Å²) in [6, 6.07) is 9.23. The Morgan fingerprint density at radius 3 is 0.774 bits per heavy atom. The number of fused-ring (bicyclic) bond motifs is 2. The van der Waals surface area contributed by atoms with E-state index in [4.69, 9.17) is 26.5 Å². The second-order valence-electron chi connectivity index (χ2n) is 18.0. The van der Waals surface area contributed by atoms with Gasteiger partial charge < -0.3 is 9.47 Å². The number of rotatable bonds is 4. The zero-order valence-corrected chi connectivity index (χ0v) is 38.3. The zero-order chi connectivity index (χ0) is 39.5. The summed E-state index contributed by atoms with van der Waals surface area (Å²) < 4.78 is 11.8. The Labute approximate surface area is 342 Å². The molecular weight excluding hydrogens is 771 g/mol. The number of allylic oxidation sites excluding steroid dienone is 8. The molecule has 0 atom stereocenters. The van der Waals surface area contributed by atoms with E-state index >= 15 is 0 Å². The zero-order valence-electron chi connectivity index (χ0n) is 34.3. The van der Waals surface area contributed by atoms with Crippen molar-refractivity contribution >= 4 is 17.0 Å². The first-order valence-electron chi connectivity index (χ1n) is 18.4. The van der Waals surface area contributed by atoms with Gasteiger partial charge in [-0.3, -0.25) is 0 Å². The summed E-state index contributed by atoms with van der Waals surface area (Å²) in [5.41, 5.74) is 7.69. The van der Waals surface area contributed by atoms with Crippen LogP contribution >= 0.6 is 17.0 Å². The fourth-order valence-corrected chi connectivity index (χ4v) is 6.89. The van der Waals surface area contributed by atoms with Crippen LogP contribution in [-0.4, -0.2) is 14.2 Å². The molecule has 0 saturated heterocycles. The summed E-state index contributed by atoms with van der Waals surface area (Å²) in [5, 5.41) is 0. The molecule has 0 amide bonds. The van der Waals surface area contributed by atoms with Crippen molar-refractivity contribution in [3.05, 3.63) is 167 Å². The molecule has 0 aromatic heterocycles. The Bertz CT molecular complexity index is 1440. The molecule has 0 bridgehead atoms. The molecule has 2 aromatic rings. The van der Waals surface area contributed by atoms with Crippen LogP contribution in [0.15, 0.2) is 72.9 Å². The molecule has 5 heteroatoms. The third kappa shape index (κ3) is 10.9. The summed E-state index contributed by atoms with van der Waals surface area (Å²) in [7, 11) is 13.4. The van der Waals surface area contributed by atoms with Crippen molar-refractivity contribution in [2.24, 2.45) is 0 Å². The van der Waals surface area contributed by atoms with Gasteiger partial charge in [0, 0.05) is 57.8 Å². The first-order chi connectivity index (χ1) is 24.6. The Hall–Kier alpha value is -1.54. The monoisotopic (exact) mass is 826 g/mol. The predicted molar refractivity (Wildman–Crippen MR) is 224 cm³/mol. The molecule has 10 radical (unpaired) electrons. The van der Waals surface area contributed by atoms with Crippen LogP contribution in [0.1, 0.15) is 116 Å². The van der Waals surface area contributed by atoms with E-state index in [1.807, 2.05) is 0 Å². The molecule has 0 unspecified atom stereocenters. The van der Waals surface area contributed by atoms with Crippen LogP contribution in [0.5, 0.6) is 11.5 Å². The van der Waals surface area contributed by atoms with E-state index in [1.54, 1.807) is 14.2 Å². The van der Waals surface area contributed by atoms with Crippen LogP contribution in [0.4, 0.5) is 0 Å². The second kappa shape index (κ2) is 17.7. The molecular formula is C48H58Cl2O2Zr+2. The molecule has 2 aromatic carbocycles. The van der Waals surface area contributed by atoms with E-state index < -0.39 is 20.8 Å². The molecule has 0 spiro atoms. The standard InChI is InChI=1S/2C24H29O.2ClH.Zr/c2*1-23(2,3)20-14-19(15-21(22(20)25-7)24(4,5)6)18-12-16-10-8-9-11-17(16)13-18;;;/h2*8-15H,1-7H3;2*1H;/q;;;;+4/p-2. The molecule has 278 valence electrons. The van der Waals surface area contributed by atoms with Crippen LogP contribution < -0.4 is 9.47 Å². The number of hydrogen-bond acceptors (Lipinski definition) is 2. The Morgan fingerprint density at radius 2 is 0.604 bits per heavy atom. The van der Waals surface area contributed by atoms with Crippen LogP contribution in [0.25, 0.3) is 0 Å². The summed E-state index contributed by atoms with van der Waals surface area (Å²) in [4.78, 5) is 0. The third-order valence-electron chi connectivity index (χ3n) is 9.72. The number of benzene rings is 2. The van der Waals surface area contributed by atoms with Crippen LogP contribution in [0.3, 0.4) is 0 Å². The number of hydrogen-bond donors (Lipinski definition) is 0. The van der Waals surface area contributed by atoms with Gasteiger partial charge in [-0.15, -0.1) is 0 Å². The van der Waals surface area contributed by atoms with Crippen molar-refractivity contribution in [2.75, 3.05) is 14.2 Å². The van der Waals surface area contributed by atoms with E-state index in [2.05, 4.69) is 182 Å². The van der Waals surface area contributed by atoms with Gasteiger partial charge in [-0.25, -0.2) is 0 Å². The molecule has 0 aliphatic heterocycles. The summed E-state index contributed by atoms with van der Waals surface area (Å²) >= 11 is -0.826. The summed E-state index contributed by atoms with van der Waals surface area (Å²) in [5.74, 6) is 9.79. The van der Waals surface area contributed by atoms with Gasteiger partial charge in [-0.2, -0.15) is 0 Å². The average Bonchev–Trinajstić information content (AvgIpc) is 3.71. The van der Waals surface area contributed by atoms with Crippen molar-refractivity contribution in [1.82, 2.24) is 0 Å². The Balaban J connectivity index is 0.000000220. The summed E-state index contributed by atoms with van der Waals surface area (Å²) in [6.45, 7) is 27.0. The van der Waals surface area contributed by atoms with E-state index in [0.29, 0.717) is 0 Å². The fraction of sp³-hybridized carbons (Fsp3) is 0.375. The molecule has 2 saturated carbocycles. The molecule has 0 N–H and O–H groups in total. The molecule has 0 heterocycles. The normalized spacial score (nSPS) is 18.6. The van der Waals surface area contributed by atoms with Gasteiger partial charge in [0.15, 0.2) is 0 Å².